The highest BCUT2D eigenvalue weighted by molar-refractivity contribution is 5.33. The molecule has 100 valence electrons. The van der Waals surface area contributed by atoms with Gasteiger partial charge in [0.25, 0.3) is 0 Å². The summed E-state index contributed by atoms with van der Waals surface area (Å²) < 4.78 is 5.69. The Labute approximate surface area is 110 Å². The normalized spacial score (nSPS) is 18.6. The van der Waals surface area contributed by atoms with E-state index in [0.29, 0.717) is 0 Å². The lowest BCUT2D eigenvalue weighted by atomic mass is 10.2. The van der Waals surface area contributed by atoms with Crippen molar-refractivity contribution in [1.82, 2.24) is 9.80 Å². The monoisotopic (exact) mass is 248 g/mol. The third-order valence-electron chi connectivity index (χ3n) is 3.48. The van der Waals surface area contributed by atoms with Crippen molar-refractivity contribution in [3.05, 3.63) is 29.8 Å². The average Bonchev–Trinajstić information content (AvgIpc) is 2.57. The first kappa shape index (κ1) is 13.4. The topological polar surface area (TPSA) is 15.7 Å². The number of hydrogen-bond acceptors (Lipinski definition) is 3. The highest BCUT2D eigenvalue weighted by Gasteiger charge is 2.13. The van der Waals surface area contributed by atoms with Gasteiger partial charge in [-0.1, -0.05) is 18.2 Å². The maximum Gasteiger partial charge on any atom is 0.123 e. The van der Waals surface area contributed by atoms with Gasteiger partial charge in [-0.25, -0.2) is 0 Å². The van der Waals surface area contributed by atoms with E-state index in [1.165, 1.54) is 25.1 Å². The molecule has 0 unspecified atom stereocenters. The van der Waals surface area contributed by atoms with Crippen LogP contribution in [-0.2, 0) is 6.54 Å². The summed E-state index contributed by atoms with van der Waals surface area (Å²) >= 11 is 0. The first-order chi connectivity index (χ1) is 8.79. The van der Waals surface area contributed by atoms with Crippen LogP contribution in [0.25, 0.3) is 0 Å². The fourth-order valence-electron chi connectivity index (χ4n) is 2.43. The highest BCUT2D eigenvalue weighted by atomic mass is 16.5. The average molecular weight is 248 g/mol. The second-order valence-electron chi connectivity index (χ2n) is 4.97. The van der Waals surface area contributed by atoms with Crippen LogP contribution in [0.1, 0.15) is 18.9 Å². The van der Waals surface area contributed by atoms with Crippen LogP contribution in [0.5, 0.6) is 5.75 Å². The summed E-state index contributed by atoms with van der Waals surface area (Å²) in [5.41, 5.74) is 1.31. The lowest BCUT2D eigenvalue weighted by Crippen LogP contribution is -2.28. The van der Waals surface area contributed by atoms with Crippen LogP contribution in [0.3, 0.4) is 0 Å². The Balaban J connectivity index is 1.99. The van der Waals surface area contributed by atoms with Gasteiger partial charge in [0.1, 0.15) is 5.75 Å². The van der Waals surface area contributed by atoms with Crippen molar-refractivity contribution >= 4 is 0 Å². The quantitative estimate of drug-likeness (QED) is 0.812. The number of hydrogen-bond donors (Lipinski definition) is 0. The van der Waals surface area contributed by atoms with Gasteiger partial charge in [0, 0.05) is 25.2 Å². The van der Waals surface area contributed by atoms with Gasteiger partial charge in [0.05, 0.1) is 6.61 Å². The molecule has 1 aromatic carbocycles. The minimum Gasteiger partial charge on any atom is -0.494 e. The molecular formula is C15H24N2O. The molecule has 0 bridgehead atoms. The van der Waals surface area contributed by atoms with Gasteiger partial charge in [-0.3, -0.25) is 4.90 Å². The second-order valence-corrected chi connectivity index (χ2v) is 4.97. The predicted octanol–water partition coefficient (Wildman–Crippen LogP) is 2.22. The molecular weight excluding hydrogens is 224 g/mol. The second kappa shape index (κ2) is 6.76. The van der Waals surface area contributed by atoms with E-state index >= 15 is 0 Å². The van der Waals surface area contributed by atoms with E-state index in [1.54, 1.807) is 0 Å². The number of benzene rings is 1. The molecule has 1 aromatic rings. The summed E-state index contributed by atoms with van der Waals surface area (Å²) in [7, 11) is 2.21. The van der Waals surface area contributed by atoms with Crippen LogP contribution in [0.2, 0.25) is 0 Å². The molecule has 0 N–H and O–H groups in total. The number of para-hydroxylation sites is 1. The van der Waals surface area contributed by atoms with E-state index in [1.807, 2.05) is 13.0 Å². The van der Waals surface area contributed by atoms with E-state index in [4.69, 9.17) is 4.74 Å². The molecule has 18 heavy (non-hydrogen) atoms. The minimum absolute atomic E-state index is 0.736. The number of rotatable bonds is 4. The summed E-state index contributed by atoms with van der Waals surface area (Å²) in [4.78, 5) is 4.94. The molecule has 2 rings (SSSR count). The minimum atomic E-state index is 0.736. The van der Waals surface area contributed by atoms with E-state index in [-0.39, 0.29) is 0 Å². The fourth-order valence-corrected chi connectivity index (χ4v) is 2.43. The van der Waals surface area contributed by atoms with Crippen molar-refractivity contribution in [2.75, 3.05) is 39.8 Å². The van der Waals surface area contributed by atoms with Gasteiger partial charge in [-0.05, 0) is 39.5 Å². The van der Waals surface area contributed by atoms with Crippen LogP contribution in [0.4, 0.5) is 0 Å². The van der Waals surface area contributed by atoms with Crippen molar-refractivity contribution < 1.29 is 4.74 Å². The van der Waals surface area contributed by atoms with E-state index < -0.39 is 0 Å². The van der Waals surface area contributed by atoms with Gasteiger partial charge in [0.2, 0.25) is 0 Å². The van der Waals surface area contributed by atoms with Crippen LogP contribution in [0, 0.1) is 0 Å². The summed E-state index contributed by atoms with van der Waals surface area (Å²) in [6.45, 7) is 8.49. The summed E-state index contributed by atoms with van der Waals surface area (Å²) in [5, 5.41) is 0. The third kappa shape index (κ3) is 3.72. The zero-order valence-corrected chi connectivity index (χ0v) is 11.6. The number of ether oxygens (including phenoxy) is 1. The Morgan fingerprint density at radius 2 is 1.94 bits per heavy atom. The van der Waals surface area contributed by atoms with E-state index in [0.717, 1.165) is 32.0 Å². The van der Waals surface area contributed by atoms with Crippen molar-refractivity contribution in [3.63, 3.8) is 0 Å². The van der Waals surface area contributed by atoms with Gasteiger partial charge >= 0.3 is 0 Å². The molecule has 0 aromatic heterocycles. The van der Waals surface area contributed by atoms with Crippen LogP contribution < -0.4 is 4.74 Å². The molecule has 0 aliphatic carbocycles. The van der Waals surface area contributed by atoms with Crippen LogP contribution in [0.15, 0.2) is 24.3 Å². The lowest BCUT2D eigenvalue weighted by molar-refractivity contribution is 0.261. The molecule has 1 aliphatic heterocycles. The molecule has 1 fully saturated rings. The standard InChI is InChI=1S/C15H24N2O/c1-3-18-15-8-5-4-7-14(15)13-17-10-6-9-16(2)11-12-17/h4-5,7-8H,3,6,9-13H2,1-2H3. The van der Waals surface area contributed by atoms with Crippen molar-refractivity contribution in [2.24, 2.45) is 0 Å². The molecule has 0 saturated carbocycles. The Hall–Kier alpha value is -1.06. The Bertz CT molecular complexity index is 367. The zero-order chi connectivity index (χ0) is 12.8. The van der Waals surface area contributed by atoms with Crippen molar-refractivity contribution in [3.8, 4) is 5.75 Å². The third-order valence-corrected chi connectivity index (χ3v) is 3.48. The molecule has 1 aliphatic rings. The smallest absolute Gasteiger partial charge is 0.123 e. The number of nitrogens with zero attached hydrogens (tertiary/aromatic N) is 2. The first-order valence-electron chi connectivity index (χ1n) is 6.91. The summed E-state index contributed by atoms with van der Waals surface area (Å²) in [6, 6.07) is 8.40. The van der Waals surface area contributed by atoms with Crippen molar-refractivity contribution in [1.29, 1.82) is 0 Å². The molecule has 1 saturated heterocycles. The maximum atomic E-state index is 5.69. The van der Waals surface area contributed by atoms with Gasteiger partial charge in [0.15, 0.2) is 0 Å². The van der Waals surface area contributed by atoms with Crippen molar-refractivity contribution in [2.45, 2.75) is 19.9 Å². The highest BCUT2D eigenvalue weighted by Crippen LogP contribution is 2.20. The molecule has 0 amide bonds. The SMILES string of the molecule is CCOc1ccccc1CN1CCCN(C)CC1. The Kier molecular flexibility index (Phi) is 5.02. The number of likely N-dealkylation sites (N-methyl/N-ethyl adjacent to an activating group) is 1. The summed E-state index contributed by atoms with van der Waals surface area (Å²) in [6.07, 6.45) is 1.26. The molecule has 0 atom stereocenters. The van der Waals surface area contributed by atoms with Gasteiger partial charge in [-0.15, -0.1) is 0 Å². The predicted molar refractivity (Wildman–Crippen MR) is 75.0 cm³/mol. The Morgan fingerprint density at radius 1 is 1.11 bits per heavy atom. The van der Waals surface area contributed by atoms with E-state index in [9.17, 15) is 0 Å². The lowest BCUT2D eigenvalue weighted by Gasteiger charge is -2.21. The summed E-state index contributed by atoms with van der Waals surface area (Å²) in [5.74, 6) is 1.04. The zero-order valence-electron chi connectivity index (χ0n) is 11.6. The van der Waals surface area contributed by atoms with Crippen LogP contribution in [-0.4, -0.2) is 49.6 Å². The molecule has 3 heteroatoms. The molecule has 1 heterocycles. The van der Waals surface area contributed by atoms with Gasteiger partial charge in [-0.2, -0.15) is 0 Å². The fraction of sp³-hybridized carbons (Fsp3) is 0.600. The largest absolute Gasteiger partial charge is 0.494 e. The first-order valence-corrected chi connectivity index (χ1v) is 6.91. The van der Waals surface area contributed by atoms with Crippen LogP contribution >= 0.6 is 0 Å². The Morgan fingerprint density at radius 3 is 2.78 bits per heavy atom. The van der Waals surface area contributed by atoms with Gasteiger partial charge < -0.3 is 9.64 Å². The molecule has 0 radical (unpaired) electrons. The van der Waals surface area contributed by atoms with E-state index in [2.05, 4.69) is 35.0 Å². The molecule has 3 nitrogen and oxygen atoms in total. The molecule has 0 spiro atoms. The maximum absolute atomic E-state index is 5.69.